The molecule has 0 spiro atoms. The summed E-state index contributed by atoms with van der Waals surface area (Å²) < 4.78 is 7.20. The molecule has 3 heterocycles. The number of carboxylic acid groups (broad SMARTS) is 1. The smallest absolute Gasteiger partial charge is 0.312 e. The van der Waals surface area contributed by atoms with Gasteiger partial charge in [-0.25, -0.2) is 0 Å². The molecule has 2 aromatic heterocycles. The van der Waals surface area contributed by atoms with Crippen molar-refractivity contribution < 1.29 is 19.1 Å². The van der Waals surface area contributed by atoms with Gasteiger partial charge in [-0.05, 0) is 49.9 Å². The van der Waals surface area contributed by atoms with Crippen molar-refractivity contribution in [1.82, 2.24) is 4.57 Å². The fourth-order valence-electron chi connectivity index (χ4n) is 3.22. The minimum Gasteiger partial charge on any atom is -0.481 e. The largest absolute Gasteiger partial charge is 0.481 e. The van der Waals surface area contributed by atoms with Crippen LogP contribution in [0.4, 0.5) is 0 Å². The minimum absolute atomic E-state index is 0.178. The van der Waals surface area contributed by atoms with Gasteiger partial charge >= 0.3 is 5.97 Å². The Hall–Kier alpha value is -2.30. The fourth-order valence-corrected chi connectivity index (χ4v) is 3.22. The van der Waals surface area contributed by atoms with E-state index in [4.69, 9.17) is 4.42 Å². The molecule has 0 aromatic carbocycles. The van der Waals surface area contributed by atoms with E-state index in [1.165, 1.54) is 0 Å². The van der Waals surface area contributed by atoms with E-state index in [9.17, 15) is 14.7 Å². The maximum absolute atomic E-state index is 12.7. The number of ketones is 1. The predicted molar refractivity (Wildman–Crippen MR) is 80.3 cm³/mol. The van der Waals surface area contributed by atoms with Crippen molar-refractivity contribution in [3.63, 3.8) is 0 Å². The SMILES string of the molecule is Cc1coc(C(=O)c2c(C)cc3n2CCCCC3C(=O)O)c1. The molecule has 0 bridgehead atoms. The van der Waals surface area contributed by atoms with Crippen molar-refractivity contribution in [1.29, 1.82) is 0 Å². The van der Waals surface area contributed by atoms with Gasteiger partial charge < -0.3 is 14.1 Å². The third-order valence-electron chi connectivity index (χ3n) is 4.27. The summed E-state index contributed by atoms with van der Waals surface area (Å²) in [6.07, 6.45) is 3.90. The highest BCUT2D eigenvalue weighted by Crippen LogP contribution is 2.32. The number of hydrogen-bond donors (Lipinski definition) is 1. The number of rotatable bonds is 3. The number of carboxylic acids is 1. The second-order valence-electron chi connectivity index (χ2n) is 5.96. The van der Waals surface area contributed by atoms with E-state index in [0.29, 0.717) is 24.4 Å². The third kappa shape index (κ3) is 2.36. The first kappa shape index (κ1) is 14.6. The van der Waals surface area contributed by atoms with Crippen molar-refractivity contribution in [2.75, 3.05) is 0 Å². The molecule has 0 radical (unpaired) electrons. The Bertz CT molecular complexity index is 738. The van der Waals surface area contributed by atoms with Gasteiger partial charge in [-0.2, -0.15) is 0 Å². The molecule has 1 aliphatic heterocycles. The number of aromatic nitrogens is 1. The van der Waals surface area contributed by atoms with E-state index in [2.05, 4.69) is 0 Å². The molecule has 116 valence electrons. The highest BCUT2D eigenvalue weighted by Gasteiger charge is 2.30. The second kappa shape index (κ2) is 5.48. The Labute approximate surface area is 128 Å². The molecule has 1 unspecified atom stereocenters. The zero-order chi connectivity index (χ0) is 15.9. The zero-order valence-electron chi connectivity index (χ0n) is 12.8. The van der Waals surface area contributed by atoms with Crippen molar-refractivity contribution in [2.45, 2.75) is 45.6 Å². The lowest BCUT2D eigenvalue weighted by molar-refractivity contribution is -0.139. The van der Waals surface area contributed by atoms with Gasteiger partial charge in [0.15, 0.2) is 5.76 Å². The molecular formula is C17H19NO4. The first-order valence-corrected chi connectivity index (χ1v) is 7.51. The molecule has 0 saturated carbocycles. The molecule has 0 aliphatic carbocycles. The molecular weight excluding hydrogens is 282 g/mol. The van der Waals surface area contributed by atoms with Crippen molar-refractivity contribution in [3.05, 3.63) is 46.7 Å². The van der Waals surface area contributed by atoms with Gasteiger partial charge in [-0.1, -0.05) is 6.42 Å². The average molecular weight is 301 g/mol. The van der Waals surface area contributed by atoms with Gasteiger partial charge in [0.1, 0.15) is 0 Å². The van der Waals surface area contributed by atoms with Crippen molar-refractivity contribution in [2.24, 2.45) is 0 Å². The Morgan fingerprint density at radius 2 is 2.05 bits per heavy atom. The number of aryl methyl sites for hydroxylation is 2. The van der Waals surface area contributed by atoms with Gasteiger partial charge in [0.25, 0.3) is 0 Å². The Kier molecular flexibility index (Phi) is 3.64. The first-order valence-electron chi connectivity index (χ1n) is 7.51. The first-order chi connectivity index (χ1) is 10.5. The lowest BCUT2D eigenvalue weighted by Gasteiger charge is -2.13. The monoisotopic (exact) mass is 301 g/mol. The molecule has 1 aliphatic rings. The van der Waals surface area contributed by atoms with Gasteiger partial charge in [0, 0.05) is 12.2 Å². The summed E-state index contributed by atoms with van der Waals surface area (Å²) in [6, 6.07) is 3.56. The normalized spacial score (nSPS) is 17.8. The summed E-state index contributed by atoms with van der Waals surface area (Å²) in [5.74, 6) is -1.24. The van der Waals surface area contributed by atoms with E-state index in [1.54, 1.807) is 12.3 Å². The Morgan fingerprint density at radius 1 is 1.27 bits per heavy atom. The van der Waals surface area contributed by atoms with E-state index >= 15 is 0 Å². The zero-order valence-corrected chi connectivity index (χ0v) is 12.8. The number of nitrogens with zero attached hydrogens (tertiary/aromatic N) is 1. The van der Waals surface area contributed by atoms with Gasteiger partial charge in [0.2, 0.25) is 5.78 Å². The van der Waals surface area contributed by atoms with Crippen LogP contribution in [0.3, 0.4) is 0 Å². The maximum atomic E-state index is 12.7. The highest BCUT2D eigenvalue weighted by molar-refractivity contribution is 6.07. The number of fused-ring (bicyclic) bond motifs is 1. The van der Waals surface area contributed by atoms with Crippen LogP contribution in [0.5, 0.6) is 0 Å². The lowest BCUT2D eigenvalue weighted by Crippen LogP contribution is -2.17. The van der Waals surface area contributed by atoms with E-state index in [1.807, 2.05) is 24.5 Å². The van der Waals surface area contributed by atoms with Crippen LogP contribution in [0.2, 0.25) is 0 Å². The number of carbonyl (C=O) groups excluding carboxylic acids is 1. The summed E-state index contributed by atoms with van der Waals surface area (Å²) in [5.41, 5.74) is 2.99. The summed E-state index contributed by atoms with van der Waals surface area (Å²) in [7, 11) is 0. The molecule has 22 heavy (non-hydrogen) atoms. The molecule has 5 heteroatoms. The van der Waals surface area contributed by atoms with Crippen LogP contribution < -0.4 is 0 Å². The molecule has 0 amide bonds. The molecule has 1 atom stereocenters. The average Bonchev–Trinajstić information content (AvgIpc) is 2.96. The van der Waals surface area contributed by atoms with Crippen LogP contribution in [0.1, 0.15) is 58.2 Å². The van der Waals surface area contributed by atoms with Gasteiger partial charge in [0.05, 0.1) is 17.9 Å². The summed E-state index contributed by atoms with van der Waals surface area (Å²) in [6.45, 7) is 4.39. The number of aliphatic carboxylic acids is 1. The van der Waals surface area contributed by atoms with Crippen LogP contribution in [0.15, 0.2) is 22.8 Å². The van der Waals surface area contributed by atoms with Crippen LogP contribution in [0, 0.1) is 13.8 Å². The summed E-state index contributed by atoms with van der Waals surface area (Å²) >= 11 is 0. The van der Waals surface area contributed by atoms with Crippen LogP contribution in [0.25, 0.3) is 0 Å². The fraction of sp³-hybridized carbons (Fsp3) is 0.412. The summed E-state index contributed by atoms with van der Waals surface area (Å²) in [4.78, 5) is 24.3. The van der Waals surface area contributed by atoms with Gasteiger partial charge in [-0.15, -0.1) is 0 Å². The number of hydrogen-bond acceptors (Lipinski definition) is 3. The maximum Gasteiger partial charge on any atom is 0.312 e. The highest BCUT2D eigenvalue weighted by atomic mass is 16.4. The van der Waals surface area contributed by atoms with Crippen molar-refractivity contribution >= 4 is 11.8 Å². The predicted octanol–water partition coefficient (Wildman–Crippen LogP) is 3.28. The molecule has 5 nitrogen and oxygen atoms in total. The van der Waals surface area contributed by atoms with Crippen LogP contribution >= 0.6 is 0 Å². The van der Waals surface area contributed by atoms with E-state index < -0.39 is 11.9 Å². The molecule has 1 N–H and O–H groups in total. The second-order valence-corrected chi connectivity index (χ2v) is 5.96. The molecule has 3 rings (SSSR count). The number of carbonyl (C=O) groups is 2. The minimum atomic E-state index is -0.825. The topological polar surface area (TPSA) is 72.4 Å². The standard InChI is InChI=1S/C17H19NO4/c1-10-7-14(22-9-10)16(19)15-11(2)8-13-12(17(20)21)5-3-4-6-18(13)15/h7-9,12H,3-6H2,1-2H3,(H,20,21). The molecule has 2 aromatic rings. The Balaban J connectivity index is 2.10. The number of furan rings is 1. The third-order valence-corrected chi connectivity index (χ3v) is 4.27. The molecule has 0 fully saturated rings. The Morgan fingerprint density at radius 3 is 2.68 bits per heavy atom. The quantitative estimate of drug-likeness (QED) is 0.883. The molecule has 0 saturated heterocycles. The summed E-state index contributed by atoms with van der Waals surface area (Å²) in [5, 5.41) is 9.45. The van der Waals surface area contributed by atoms with E-state index in [-0.39, 0.29) is 5.78 Å². The van der Waals surface area contributed by atoms with E-state index in [0.717, 1.165) is 29.7 Å². The van der Waals surface area contributed by atoms with Crippen LogP contribution in [-0.2, 0) is 11.3 Å². The van der Waals surface area contributed by atoms with Gasteiger partial charge in [-0.3, -0.25) is 9.59 Å². The van der Waals surface area contributed by atoms with Crippen molar-refractivity contribution in [3.8, 4) is 0 Å². The van der Waals surface area contributed by atoms with Crippen LogP contribution in [-0.4, -0.2) is 21.4 Å². The lowest BCUT2D eigenvalue weighted by atomic mass is 9.99.